The minimum Gasteiger partial charge on any atom is -0.496 e. The third kappa shape index (κ3) is 3.38. The van der Waals surface area contributed by atoms with E-state index in [2.05, 4.69) is 5.32 Å². The lowest BCUT2D eigenvalue weighted by Gasteiger charge is -2.10. The summed E-state index contributed by atoms with van der Waals surface area (Å²) >= 11 is 0. The second-order valence-electron chi connectivity index (χ2n) is 4.60. The molecule has 2 N–H and O–H groups in total. The first-order valence-electron chi connectivity index (χ1n) is 6.40. The summed E-state index contributed by atoms with van der Waals surface area (Å²) < 4.78 is 18.3. The summed E-state index contributed by atoms with van der Waals surface area (Å²) in [5, 5.41) is 12.0. The topological polar surface area (TPSA) is 58.6 Å². The highest BCUT2D eigenvalue weighted by Gasteiger charge is 2.10. The Kier molecular flexibility index (Phi) is 4.55. The number of aliphatic hydroxyl groups excluding tert-OH is 1. The van der Waals surface area contributed by atoms with Gasteiger partial charge in [-0.3, -0.25) is 4.79 Å². The van der Waals surface area contributed by atoms with Gasteiger partial charge in [0, 0.05) is 16.8 Å². The first kappa shape index (κ1) is 15.0. The molecule has 1 amide bonds. The van der Waals surface area contributed by atoms with E-state index in [4.69, 9.17) is 4.74 Å². The molecule has 0 aliphatic heterocycles. The number of ether oxygens (including phenoxy) is 1. The minimum atomic E-state index is -0.349. The molecule has 0 heterocycles. The fraction of sp³-hybridized carbons (Fsp3) is 0.188. The highest BCUT2D eigenvalue weighted by Crippen LogP contribution is 2.23. The molecule has 0 unspecified atom stereocenters. The molecule has 2 aromatic carbocycles. The minimum absolute atomic E-state index is 0.192. The Morgan fingerprint density at radius 3 is 2.67 bits per heavy atom. The quantitative estimate of drug-likeness (QED) is 0.910. The maximum atomic E-state index is 13.2. The molecule has 5 heteroatoms. The van der Waals surface area contributed by atoms with Crippen molar-refractivity contribution in [2.45, 2.75) is 13.5 Å². The second-order valence-corrected chi connectivity index (χ2v) is 4.60. The van der Waals surface area contributed by atoms with Crippen molar-refractivity contribution < 1.29 is 19.0 Å². The van der Waals surface area contributed by atoms with Crippen LogP contribution in [-0.4, -0.2) is 18.1 Å². The third-order valence-electron chi connectivity index (χ3n) is 3.13. The van der Waals surface area contributed by atoms with Crippen molar-refractivity contribution in [3.8, 4) is 5.75 Å². The van der Waals surface area contributed by atoms with Crippen LogP contribution in [0.25, 0.3) is 0 Å². The fourth-order valence-corrected chi connectivity index (χ4v) is 1.97. The molecule has 0 spiro atoms. The zero-order valence-corrected chi connectivity index (χ0v) is 11.8. The molecule has 0 aromatic heterocycles. The zero-order chi connectivity index (χ0) is 15.4. The van der Waals surface area contributed by atoms with Gasteiger partial charge in [-0.2, -0.15) is 0 Å². The Morgan fingerprint density at radius 1 is 1.29 bits per heavy atom. The smallest absolute Gasteiger partial charge is 0.255 e. The zero-order valence-electron chi connectivity index (χ0n) is 11.8. The first-order valence-corrected chi connectivity index (χ1v) is 6.40. The van der Waals surface area contributed by atoms with Crippen LogP contribution in [0.1, 0.15) is 21.5 Å². The van der Waals surface area contributed by atoms with E-state index in [0.29, 0.717) is 28.1 Å². The van der Waals surface area contributed by atoms with Crippen molar-refractivity contribution in [1.82, 2.24) is 0 Å². The van der Waals surface area contributed by atoms with E-state index in [0.717, 1.165) is 0 Å². The molecule has 0 aliphatic carbocycles. The van der Waals surface area contributed by atoms with Crippen molar-refractivity contribution in [3.05, 3.63) is 58.9 Å². The van der Waals surface area contributed by atoms with E-state index in [1.165, 1.54) is 25.3 Å². The van der Waals surface area contributed by atoms with E-state index in [-0.39, 0.29) is 18.3 Å². The van der Waals surface area contributed by atoms with Gasteiger partial charge < -0.3 is 15.2 Å². The van der Waals surface area contributed by atoms with Crippen molar-refractivity contribution in [3.63, 3.8) is 0 Å². The molecule has 4 nitrogen and oxygen atoms in total. The van der Waals surface area contributed by atoms with E-state index >= 15 is 0 Å². The molecule has 0 bridgehead atoms. The lowest BCUT2D eigenvalue weighted by atomic mass is 10.1. The Bertz CT molecular complexity index is 671. The Morgan fingerprint density at radius 2 is 2.05 bits per heavy atom. The molecule has 0 saturated carbocycles. The molecule has 0 saturated heterocycles. The predicted molar refractivity (Wildman–Crippen MR) is 78.0 cm³/mol. The van der Waals surface area contributed by atoms with Crippen LogP contribution in [-0.2, 0) is 6.61 Å². The molecular formula is C16H16FNO3. The summed E-state index contributed by atoms with van der Waals surface area (Å²) in [5.41, 5.74) is 1.89. The van der Waals surface area contributed by atoms with E-state index in [1.54, 1.807) is 25.1 Å². The number of aliphatic hydroxyl groups is 1. The number of hydrogen-bond acceptors (Lipinski definition) is 3. The summed E-state index contributed by atoms with van der Waals surface area (Å²) in [6, 6.07) is 9.14. The molecule has 21 heavy (non-hydrogen) atoms. The highest BCUT2D eigenvalue weighted by molar-refractivity contribution is 6.04. The number of nitrogens with one attached hydrogen (secondary N) is 1. The summed E-state index contributed by atoms with van der Waals surface area (Å²) in [6.45, 7) is 1.41. The number of anilines is 1. The predicted octanol–water partition coefficient (Wildman–Crippen LogP) is 2.89. The van der Waals surface area contributed by atoms with E-state index < -0.39 is 0 Å². The fourth-order valence-electron chi connectivity index (χ4n) is 1.97. The summed E-state index contributed by atoms with van der Waals surface area (Å²) in [5.74, 6) is -0.140. The number of hydrogen-bond donors (Lipinski definition) is 2. The van der Waals surface area contributed by atoms with Crippen LogP contribution in [0.4, 0.5) is 10.1 Å². The van der Waals surface area contributed by atoms with Crippen molar-refractivity contribution in [2.24, 2.45) is 0 Å². The number of carbonyl (C=O) groups is 1. The normalized spacial score (nSPS) is 10.3. The average molecular weight is 289 g/mol. The monoisotopic (exact) mass is 289 g/mol. The molecule has 2 rings (SSSR count). The van der Waals surface area contributed by atoms with Gasteiger partial charge in [0.05, 0.1) is 13.7 Å². The van der Waals surface area contributed by atoms with Gasteiger partial charge in [-0.25, -0.2) is 4.39 Å². The maximum Gasteiger partial charge on any atom is 0.255 e. The summed E-state index contributed by atoms with van der Waals surface area (Å²) in [7, 11) is 1.51. The van der Waals surface area contributed by atoms with Gasteiger partial charge in [-0.1, -0.05) is 0 Å². The maximum absolute atomic E-state index is 13.2. The van der Waals surface area contributed by atoms with Gasteiger partial charge >= 0.3 is 0 Å². The van der Waals surface area contributed by atoms with Crippen LogP contribution < -0.4 is 10.1 Å². The summed E-state index contributed by atoms with van der Waals surface area (Å²) in [6.07, 6.45) is 0. The van der Waals surface area contributed by atoms with Crippen LogP contribution >= 0.6 is 0 Å². The molecule has 2 aromatic rings. The lowest BCUT2D eigenvalue weighted by Crippen LogP contribution is -2.12. The number of aryl methyl sites for hydroxylation is 1. The number of carbonyl (C=O) groups excluding carboxylic acids is 1. The SMILES string of the molecule is COc1ccc(NC(=O)c2ccc(F)c(C)c2)cc1CO. The van der Waals surface area contributed by atoms with Gasteiger partial charge in [-0.15, -0.1) is 0 Å². The average Bonchev–Trinajstić information content (AvgIpc) is 2.49. The highest BCUT2D eigenvalue weighted by atomic mass is 19.1. The number of methoxy groups -OCH3 is 1. The molecule has 0 fully saturated rings. The van der Waals surface area contributed by atoms with E-state index in [1.807, 2.05) is 0 Å². The lowest BCUT2D eigenvalue weighted by molar-refractivity contribution is 0.102. The second kappa shape index (κ2) is 6.37. The first-order chi connectivity index (χ1) is 10.0. The molecule has 0 atom stereocenters. The van der Waals surface area contributed by atoms with Gasteiger partial charge in [0.25, 0.3) is 5.91 Å². The van der Waals surface area contributed by atoms with Crippen LogP contribution in [0.3, 0.4) is 0 Å². The molecular weight excluding hydrogens is 273 g/mol. The van der Waals surface area contributed by atoms with Gasteiger partial charge in [0.1, 0.15) is 11.6 Å². The van der Waals surface area contributed by atoms with Gasteiger partial charge in [0.2, 0.25) is 0 Å². The number of amides is 1. The van der Waals surface area contributed by atoms with Crippen LogP contribution in [0.5, 0.6) is 5.75 Å². The number of rotatable bonds is 4. The standard InChI is InChI=1S/C16H16FNO3/c1-10-7-11(3-5-14(10)17)16(20)18-13-4-6-15(21-2)12(8-13)9-19/h3-8,19H,9H2,1-2H3,(H,18,20). The van der Waals surface area contributed by atoms with Crippen molar-refractivity contribution in [2.75, 3.05) is 12.4 Å². The van der Waals surface area contributed by atoms with Crippen molar-refractivity contribution >= 4 is 11.6 Å². The third-order valence-corrected chi connectivity index (χ3v) is 3.13. The number of benzene rings is 2. The number of halogens is 1. The molecule has 0 radical (unpaired) electrons. The van der Waals surface area contributed by atoms with Crippen LogP contribution in [0, 0.1) is 12.7 Å². The van der Waals surface area contributed by atoms with Crippen LogP contribution in [0.15, 0.2) is 36.4 Å². The molecule has 110 valence electrons. The van der Waals surface area contributed by atoms with Crippen molar-refractivity contribution in [1.29, 1.82) is 0 Å². The van der Waals surface area contributed by atoms with Crippen LogP contribution in [0.2, 0.25) is 0 Å². The largest absolute Gasteiger partial charge is 0.496 e. The van der Waals surface area contributed by atoms with Gasteiger partial charge in [0.15, 0.2) is 0 Å². The molecule has 0 aliphatic rings. The summed E-state index contributed by atoms with van der Waals surface area (Å²) in [4.78, 5) is 12.1. The van der Waals surface area contributed by atoms with Gasteiger partial charge in [-0.05, 0) is 48.9 Å². The Labute approximate surface area is 122 Å². The van der Waals surface area contributed by atoms with E-state index in [9.17, 15) is 14.3 Å². The Balaban J connectivity index is 2.21. The Hall–Kier alpha value is -2.40.